The Bertz CT molecular complexity index is 173. The van der Waals surface area contributed by atoms with Gasteiger partial charge < -0.3 is 84.6 Å². The molecule has 16 nitrogen and oxygen atoms in total. The summed E-state index contributed by atoms with van der Waals surface area (Å²) in [7, 11) is 0. The van der Waals surface area contributed by atoms with Crippen LogP contribution in [0.1, 0.15) is 0 Å². The molecule has 0 aromatic carbocycles. The summed E-state index contributed by atoms with van der Waals surface area (Å²) in [4.78, 5) is 33.8. The monoisotopic (exact) mass is 507 g/mol. The summed E-state index contributed by atoms with van der Waals surface area (Å²) in [6.07, 6.45) is -8.33. The molecule has 0 fully saturated rings. The Labute approximate surface area is 131 Å². The fraction of sp³-hybridized carbons (Fsp3) is 0. The number of hydrogen-bond acceptors (Lipinski definition) is 12. The van der Waals surface area contributed by atoms with E-state index in [9.17, 15) is 0 Å². The molecule has 0 rings (SSSR count). The molecular weight excluding hydrogens is 491 g/mol. The van der Waals surface area contributed by atoms with Crippen molar-refractivity contribution in [2.45, 2.75) is 0 Å². The molecule has 0 aromatic rings. The summed E-state index contributed by atoms with van der Waals surface area (Å²) in [6, 6.07) is 0. The van der Waals surface area contributed by atoms with Gasteiger partial charge in [0.25, 0.3) is 0 Å². The van der Waals surface area contributed by atoms with Crippen LogP contribution in [0, 0.1) is 0 Å². The second-order valence-electron chi connectivity index (χ2n) is 1.06. The molecule has 17 heteroatoms. The molecule has 0 aliphatic carbocycles. The molecule has 0 amide bonds. The third kappa shape index (κ3) is 750. The third-order valence-electron chi connectivity index (χ3n) is 0. The van der Waals surface area contributed by atoms with E-state index in [1.165, 1.54) is 0 Å². The molecule has 0 aliphatic heterocycles. The molecular formula is C4H16N4O12Pt. The first-order chi connectivity index (χ1) is 6.93. The predicted octanol–water partition coefficient (Wildman–Crippen LogP) is -3.80. The van der Waals surface area contributed by atoms with Gasteiger partial charge in [0.1, 0.15) is 0 Å². The Morgan fingerprint density at radius 3 is 0.476 bits per heavy atom. The van der Waals surface area contributed by atoms with Crippen LogP contribution < -0.4 is 45.0 Å². The van der Waals surface area contributed by atoms with E-state index >= 15 is 0 Å². The van der Waals surface area contributed by atoms with Crippen LogP contribution in [0.3, 0.4) is 0 Å². The zero-order chi connectivity index (χ0) is 14.3. The van der Waals surface area contributed by atoms with E-state index in [2.05, 4.69) is 0 Å². The van der Waals surface area contributed by atoms with Crippen LogP contribution >= 0.6 is 0 Å². The summed E-state index contributed by atoms with van der Waals surface area (Å²) in [5.74, 6) is 0. The molecule has 0 radical (unpaired) electrons. The fourth-order valence-corrected chi connectivity index (χ4v) is 0. The minimum Gasteiger partial charge on any atom is -0.565 e. The van der Waals surface area contributed by atoms with Crippen molar-refractivity contribution in [2.75, 3.05) is 0 Å². The molecule has 0 aromatic heterocycles. The number of rotatable bonds is 0. The van der Waals surface area contributed by atoms with Crippen molar-refractivity contribution in [2.24, 2.45) is 0 Å². The summed E-state index contributed by atoms with van der Waals surface area (Å²) >= 11 is 0. The van der Waals surface area contributed by atoms with Gasteiger partial charge in [0, 0.05) is 0 Å². The summed E-state index contributed by atoms with van der Waals surface area (Å²) in [6.45, 7) is 0. The summed E-state index contributed by atoms with van der Waals surface area (Å²) in [5, 5.41) is 61.2. The van der Waals surface area contributed by atoms with E-state index in [1.54, 1.807) is 0 Å². The first-order valence-corrected chi connectivity index (χ1v) is 2.53. The molecule has 134 valence electrons. The Hall–Kier alpha value is -2.39. The molecule has 0 aliphatic rings. The standard InChI is InChI=1S/4CH2O3.4H3N.Pt/c4*2-1(3)4;;;;;/h4*(H2,2,3,4);4*1H3;/q;;;;;;;;+4/p-4. The molecule has 21 heavy (non-hydrogen) atoms. The SMILES string of the molecule is N.N.N.N.O=C([O-])O.O=C([O-])O.O=C([O-])O.O=C([O-])O.[Pt+4]. The van der Waals surface area contributed by atoms with E-state index in [1.807, 2.05) is 0 Å². The first kappa shape index (κ1) is 62.5. The zero-order valence-corrected chi connectivity index (χ0v) is 12.5. The van der Waals surface area contributed by atoms with E-state index < -0.39 is 24.6 Å². The van der Waals surface area contributed by atoms with Gasteiger partial charge in [-0.05, 0) is 0 Å². The van der Waals surface area contributed by atoms with Gasteiger partial charge in [-0.15, -0.1) is 0 Å². The molecule has 0 heterocycles. The van der Waals surface area contributed by atoms with E-state index in [-0.39, 0.29) is 45.7 Å². The topological polar surface area (TPSA) is 381 Å². The Morgan fingerprint density at radius 1 is 0.476 bits per heavy atom. The van der Waals surface area contributed by atoms with Gasteiger partial charge >= 0.3 is 21.1 Å². The van der Waals surface area contributed by atoms with E-state index in [0.717, 1.165) is 0 Å². The van der Waals surface area contributed by atoms with Crippen molar-refractivity contribution in [3.05, 3.63) is 0 Å². The normalized spacial score (nSPS) is 4.57. The Kier molecular flexibility index (Phi) is 157. The van der Waals surface area contributed by atoms with Crippen molar-refractivity contribution in [3.63, 3.8) is 0 Å². The van der Waals surface area contributed by atoms with Crippen molar-refractivity contribution in [3.8, 4) is 0 Å². The average molecular weight is 507 g/mol. The quantitative estimate of drug-likeness (QED) is 0.156. The van der Waals surface area contributed by atoms with E-state index in [0.29, 0.717) is 0 Å². The first-order valence-electron chi connectivity index (χ1n) is 2.53. The van der Waals surface area contributed by atoms with Crippen molar-refractivity contribution in [1.29, 1.82) is 0 Å². The zero-order valence-electron chi connectivity index (χ0n) is 10.2. The van der Waals surface area contributed by atoms with Crippen LogP contribution in [0.4, 0.5) is 19.2 Å². The van der Waals surface area contributed by atoms with Crippen LogP contribution in [-0.2, 0) is 21.1 Å². The van der Waals surface area contributed by atoms with Crippen molar-refractivity contribution >= 4 is 24.6 Å². The molecule has 0 bridgehead atoms. The van der Waals surface area contributed by atoms with Crippen LogP contribution in [0.2, 0.25) is 0 Å². The van der Waals surface area contributed by atoms with Gasteiger partial charge in [-0.2, -0.15) is 0 Å². The van der Waals surface area contributed by atoms with Crippen LogP contribution in [-0.4, -0.2) is 45.0 Å². The van der Waals surface area contributed by atoms with Gasteiger partial charge in [0.2, 0.25) is 24.6 Å². The molecule has 0 unspecified atom stereocenters. The van der Waals surface area contributed by atoms with Crippen LogP contribution in [0.25, 0.3) is 0 Å². The number of carbonyl (C=O) groups is 4. The van der Waals surface area contributed by atoms with Crippen LogP contribution in [0.5, 0.6) is 0 Å². The maximum Gasteiger partial charge on any atom is 4.00 e. The van der Waals surface area contributed by atoms with Gasteiger partial charge in [-0.25, -0.2) is 0 Å². The largest absolute Gasteiger partial charge is 4.00 e. The second kappa shape index (κ2) is 52.6. The third-order valence-corrected chi connectivity index (χ3v) is 0. The van der Waals surface area contributed by atoms with Crippen molar-refractivity contribution in [1.82, 2.24) is 24.6 Å². The number of hydrogen-bond donors (Lipinski definition) is 8. The fourth-order valence-electron chi connectivity index (χ4n) is 0. The maximum absolute atomic E-state index is 8.44. The molecule has 0 saturated heterocycles. The molecule has 0 atom stereocenters. The second-order valence-corrected chi connectivity index (χ2v) is 1.06. The molecule has 0 saturated carbocycles. The Balaban J connectivity index is -0.0000000121. The van der Waals surface area contributed by atoms with Gasteiger partial charge in [-0.3, -0.25) is 0 Å². The van der Waals surface area contributed by atoms with Crippen LogP contribution in [0.15, 0.2) is 0 Å². The molecule has 0 spiro atoms. The van der Waals surface area contributed by atoms with Crippen molar-refractivity contribution < 1.29 is 81.1 Å². The maximum atomic E-state index is 8.44. The van der Waals surface area contributed by atoms with E-state index in [4.69, 9.17) is 60.0 Å². The number of carboxylic acid groups (broad SMARTS) is 8. The minimum absolute atomic E-state index is 0. The predicted molar refractivity (Wildman–Crippen MR) is 52.2 cm³/mol. The Morgan fingerprint density at radius 2 is 0.476 bits per heavy atom. The summed E-state index contributed by atoms with van der Waals surface area (Å²) < 4.78 is 0. The average Bonchev–Trinajstić information content (AvgIpc) is 1.76. The smallest absolute Gasteiger partial charge is 0.565 e. The van der Waals surface area contributed by atoms with Gasteiger partial charge in [0.05, 0.1) is 0 Å². The summed E-state index contributed by atoms with van der Waals surface area (Å²) in [5.41, 5.74) is 0. The molecule has 16 N–H and O–H groups in total. The van der Waals surface area contributed by atoms with Gasteiger partial charge in [-0.1, -0.05) is 0 Å². The minimum atomic E-state index is -2.08. The van der Waals surface area contributed by atoms with Gasteiger partial charge in [0.15, 0.2) is 0 Å².